The zero-order valence-corrected chi connectivity index (χ0v) is 13.8. The van der Waals surface area contributed by atoms with E-state index in [1.165, 1.54) is 41.7 Å². The second kappa shape index (κ2) is 6.33. The summed E-state index contributed by atoms with van der Waals surface area (Å²) in [5.74, 6) is -2.65. The van der Waals surface area contributed by atoms with Crippen molar-refractivity contribution in [2.75, 3.05) is 4.90 Å². The van der Waals surface area contributed by atoms with E-state index in [2.05, 4.69) is 5.32 Å². The number of rotatable bonds is 3. The Labute approximate surface area is 146 Å². The third-order valence-corrected chi connectivity index (χ3v) is 4.47. The number of aromatic carboxylic acids is 1. The molecule has 3 rings (SSSR count). The monoisotopic (exact) mass is 356 g/mol. The van der Waals surface area contributed by atoms with Crippen LogP contribution in [0.15, 0.2) is 42.0 Å². The lowest BCUT2D eigenvalue weighted by Gasteiger charge is -2.26. The van der Waals surface area contributed by atoms with E-state index >= 15 is 0 Å². The summed E-state index contributed by atoms with van der Waals surface area (Å²) in [6.07, 6.45) is 1.43. The van der Waals surface area contributed by atoms with Crippen LogP contribution in [0.25, 0.3) is 6.08 Å². The number of imide groups is 2. The summed E-state index contributed by atoms with van der Waals surface area (Å²) in [7, 11) is 0. The van der Waals surface area contributed by atoms with E-state index in [1.807, 2.05) is 13.0 Å². The molecule has 0 spiro atoms. The number of carbonyl (C=O) groups excluding carboxylic acids is 3. The molecule has 7 nitrogen and oxygen atoms in total. The zero-order valence-electron chi connectivity index (χ0n) is 13.0. The van der Waals surface area contributed by atoms with E-state index < -0.39 is 23.8 Å². The second-order valence-corrected chi connectivity index (χ2v) is 6.58. The number of thiophene rings is 1. The average Bonchev–Trinajstić information content (AvgIpc) is 2.97. The molecule has 2 N–H and O–H groups in total. The summed E-state index contributed by atoms with van der Waals surface area (Å²) >= 11 is 1.41. The van der Waals surface area contributed by atoms with Gasteiger partial charge in [0.05, 0.1) is 11.3 Å². The predicted molar refractivity (Wildman–Crippen MR) is 91.5 cm³/mol. The van der Waals surface area contributed by atoms with Gasteiger partial charge in [-0.05, 0) is 49.4 Å². The highest BCUT2D eigenvalue weighted by molar-refractivity contribution is 7.12. The van der Waals surface area contributed by atoms with Crippen LogP contribution in [0, 0.1) is 6.92 Å². The Morgan fingerprint density at radius 3 is 2.36 bits per heavy atom. The van der Waals surface area contributed by atoms with Gasteiger partial charge in [-0.1, -0.05) is 0 Å². The van der Waals surface area contributed by atoms with Gasteiger partial charge in [0.25, 0.3) is 11.8 Å². The number of urea groups is 1. The number of benzene rings is 1. The Morgan fingerprint density at radius 2 is 1.80 bits per heavy atom. The first-order valence-corrected chi connectivity index (χ1v) is 8.00. The number of hydrogen-bond acceptors (Lipinski definition) is 5. The van der Waals surface area contributed by atoms with E-state index in [0.29, 0.717) is 4.88 Å². The number of aryl methyl sites for hydroxylation is 1. The Kier molecular flexibility index (Phi) is 4.20. The SMILES string of the molecule is Cc1ccc(/C=C2\C(=O)NC(=O)N(c3ccc(C(=O)O)cc3)C2=O)s1. The molecule has 0 saturated carbocycles. The largest absolute Gasteiger partial charge is 0.478 e. The molecular formula is C17H12N2O5S. The molecule has 0 bridgehead atoms. The van der Waals surface area contributed by atoms with Gasteiger partial charge >= 0.3 is 12.0 Å². The van der Waals surface area contributed by atoms with Crippen LogP contribution >= 0.6 is 11.3 Å². The van der Waals surface area contributed by atoms with Gasteiger partial charge < -0.3 is 5.11 Å². The molecule has 0 unspecified atom stereocenters. The summed E-state index contributed by atoms with van der Waals surface area (Å²) in [6.45, 7) is 1.90. The molecule has 1 aliphatic heterocycles. The van der Waals surface area contributed by atoms with Crippen LogP contribution in [0.5, 0.6) is 0 Å². The second-order valence-electron chi connectivity index (χ2n) is 5.26. The quantitative estimate of drug-likeness (QED) is 0.649. The van der Waals surface area contributed by atoms with Gasteiger partial charge in [0.1, 0.15) is 5.57 Å². The van der Waals surface area contributed by atoms with Crippen molar-refractivity contribution in [1.29, 1.82) is 0 Å². The molecule has 1 aromatic carbocycles. The van der Waals surface area contributed by atoms with Gasteiger partial charge in [-0.3, -0.25) is 14.9 Å². The van der Waals surface area contributed by atoms with Crippen LogP contribution < -0.4 is 10.2 Å². The highest BCUT2D eigenvalue weighted by atomic mass is 32.1. The summed E-state index contributed by atoms with van der Waals surface area (Å²) in [6, 6.07) is 7.98. The van der Waals surface area contributed by atoms with Gasteiger partial charge in [-0.15, -0.1) is 11.3 Å². The maximum atomic E-state index is 12.6. The minimum absolute atomic E-state index is 0.0227. The fourth-order valence-electron chi connectivity index (χ4n) is 2.32. The number of nitrogens with one attached hydrogen (secondary N) is 1. The van der Waals surface area contributed by atoms with E-state index in [1.54, 1.807) is 6.07 Å². The molecule has 1 aromatic heterocycles. The lowest BCUT2D eigenvalue weighted by molar-refractivity contribution is -0.122. The maximum Gasteiger partial charge on any atom is 0.335 e. The van der Waals surface area contributed by atoms with Gasteiger partial charge in [-0.25, -0.2) is 14.5 Å². The number of hydrogen-bond donors (Lipinski definition) is 2. The van der Waals surface area contributed by atoms with Gasteiger partial charge in [0.15, 0.2) is 0 Å². The number of carbonyl (C=O) groups is 4. The third-order valence-electron chi connectivity index (χ3n) is 3.52. The average molecular weight is 356 g/mol. The van der Waals surface area contributed by atoms with Crippen LogP contribution in [-0.2, 0) is 9.59 Å². The van der Waals surface area contributed by atoms with E-state index in [0.717, 1.165) is 9.78 Å². The zero-order chi connectivity index (χ0) is 18.1. The first-order chi connectivity index (χ1) is 11.9. The van der Waals surface area contributed by atoms with E-state index in [9.17, 15) is 19.2 Å². The van der Waals surface area contributed by atoms with Crippen molar-refractivity contribution in [3.63, 3.8) is 0 Å². The standard InChI is InChI=1S/C17H12N2O5S/c1-9-2-7-12(25-9)8-13-14(20)18-17(24)19(15(13)21)11-5-3-10(4-6-11)16(22)23/h2-8H,1H3,(H,22,23)(H,18,20,24)/b13-8+. The van der Waals surface area contributed by atoms with E-state index in [-0.39, 0.29) is 16.8 Å². The lowest BCUT2D eigenvalue weighted by atomic mass is 10.1. The summed E-state index contributed by atoms with van der Waals surface area (Å²) < 4.78 is 0. The topological polar surface area (TPSA) is 104 Å². The lowest BCUT2D eigenvalue weighted by Crippen LogP contribution is -2.54. The van der Waals surface area contributed by atoms with Gasteiger partial charge in [0.2, 0.25) is 0 Å². The van der Waals surface area contributed by atoms with Gasteiger partial charge in [0, 0.05) is 9.75 Å². The van der Waals surface area contributed by atoms with Crippen molar-refractivity contribution in [2.24, 2.45) is 0 Å². The minimum atomic E-state index is -1.12. The molecule has 126 valence electrons. The third kappa shape index (κ3) is 3.20. The van der Waals surface area contributed by atoms with Crippen LogP contribution in [0.4, 0.5) is 10.5 Å². The van der Waals surface area contributed by atoms with Crippen LogP contribution in [-0.4, -0.2) is 28.9 Å². The van der Waals surface area contributed by atoms with Crippen molar-refractivity contribution in [2.45, 2.75) is 6.92 Å². The molecule has 2 aromatic rings. The number of nitrogens with zero attached hydrogens (tertiary/aromatic N) is 1. The highest BCUT2D eigenvalue weighted by Gasteiger charge is 2.36. The normalized spacial score (nSPS) is 16.3. The Balaban J connectivity index is 1.98. The number of carboxylic acid groups (broad SMARTS) is 1. The summed E-state index contributed by atoms with van der Waals surface area (Å²) in [5, 5.41) is 11.0. The fourth-order valence-corrected chi connectivity index (χ4v) is 3.14. The maximum absolute atomic E-state index is 12.6. The molecule has 1 fully saturated rings. The molecule has 1 saturated heterocycles. The number of carboxylic acids is 1. The number of barbiturate groups is 1. The van der Waals surface area contributed by atoms with Crippen LogP contribution in [0.2, 0.25) is 0 Å². The predicted octanol–water partition coefficient (Wildman–Crippen LogP) is 2.42. The molecule has 4 amide bonds. The molecule has 8 heteroatoms. The van der Waals surface area contributed by atoms with E-state index in [4.69, 9.17) is 5.11 Å². The minimum Gasteiger partial charge on any atom is -0.478 e. The van der Waals surface area contributed by atoms with Crippen molar-refractivity contribution >= 4 is 46.9 Å². The Hall–Kier alpha value is -3.26. The van der Waals surface area contributed by atoms with Crippen molar-refractivity contribution < 1.29 is 24.3 Å². The highest BCUT2D eigenvalue weighted by Crippen LogP contribution is 2.24. The first kappa shape index (κ1) is 16.6. The Morgan fingerprint density at radius 1 is 1.12 bits per heavy atom. The first-order valence-electron chi connectivity index (χ1n) is 7.18. The van der Waals surface area contributed by atoms with Crippen LogP contribution in [0.3, 0.4) is 0 Å². The molecule has 0 atom stereocenters. The molecule has 0 aliphatic carbocycles. The van der Waals surface area contributed by atoms with Crippen molar-refractivity contribution in [3.05, 3.63) is 57.3 Å². The Bertz CT molecular complexity index is 927. The van der Waals surface area contributed by atoms with Crippen molar-refractivity contribution in [3.8, 4) is 0 Å². The molecule has 2 heterocycles. The number of amides is 4. The molecular weight excluding hydrogens is 344 g/mol. The molecule has 25 heavy (non-hydrogen) atoms. The fraction of sp³-hybridized carbons (Fsp3) is 0.0588. The van der Waals surface area contributed by atoms with Crippen LogP contribution in [0.1, 0.15) is 20.1 Å². The molecule has 0 radical (unpaired) electrons. The number of anilines is 1. The smallest absolute Gasteiger partial charge is 0.335 e. The molecule has 1 aliphatic rings. The van der Waals surface area contributed by atoms with Crippen molar-refractivity contribution in [1.82, 2.24) is 5.32 Å². The summed E-state index contributed by atoms with van der Waals surface area (Å²) in [5.41, 5.74) is 0.0338. The van der Waals surface area contributed by atoms with Gasteiger partial charge in [-0.2, -0.15) is 0 Å². The summed E-state index contributed by atoms with van der Waals surface area (Å²) in [4.78, 5) is 50.2.